The maximum absolute atomic E-state index is 12.0. The van der Waals surface area contributed by atoms with Crippen molar-refractivity contribution in [1.82, 2.24) is 4.57 Å². The lowest BCUT2D eigenvalue weighted by Crippen LogP contribution is -2.27. The number of benzene rings is 2. The van der Waals surface area contributed by atoms with Gasteiger partial charge < -0.3 is 9.67 Å². The molecule has 1 N–H and O–H groups in total. The first kappa shape index (κ1) is 24.5. The van der Waals surface area contributed by atoms with Gasteiger partial charge in [-0.3, -0.25) is 4.79 Å². The molecule has 2 aromatic carbocycles. The van der Waals surface area contributed by atoms with E-state index in [4.69, 9.17) is 11.6 Å². The van der Waals surface area contributed by atoms with Crippen LogP contribution in [-0.4, -0.2) is 21.4 Å². The average molecular weight is 470 g/mol. The second-order valence-electron chi connectivity index (χ2n) is 9.21. The van der Waals surface area contributed by atoms with Crippen LogP contribution in [0, 0.1) is 5.41 Å². The summed E-state index contributed by atoms with van der Waals surface area (Å²) in [4.78, 5) is 13.2. The Hall–Kier alpha value is -2.17. The molecule has 0 aliphatic carbocycles. The van der Waals surface area contributed by atoms with Gasteiger partial charge in [-0.05, 0) is 61.6 Å². The molecule has 0 amide bonds. The molecular formula is C27H32ClNO2S. The Morgan fingerprint density at radius 2 is 1.91 bits per heavy atom. The van der Waals surface area contributed by atoms with Crippen LogP contribution < -0.4 is 0 Å². The molecular weight excluding hydrogens is 438 g/mol. The molecule has 0 spiro atoms. The molecule has 5 heteroatoms. The average Bonchev–Trinajstić information content (AvgIpc) is 3.01. The van der Waals surface area contributed by atoms with Gasteiger partial charge in [-0.2, -0.15) is 0 Å². The highest BCUT2D eigenvalue weighted by Crippen LogP contribution is 2.40. The lowest BCUT2D eigenvalue weighted by atomic mass is 9.88. The number of allylic oxidation sites excluding steroid dienone is 1. The zero-order valence-corrected chi connectivity index (χ0v) is 20.9. The molecule has 32 heavy (non-hydrogen) atoms. The van der Waals surface area contributed by atoms with Crippen LogP contribution in [-0.2, 0) is 17.8 Å². The standard InChI is InChI=1S/C27H32ClNO2S/c1-6-7-14-32-25-22-15-20(18(2)3)10-13-23(22)29(17-19-8-11-21(28)12-9-19)24(25)16-27(4,5)26(30)31/h6,8-13,15,18H,1,7,14,16-17H2,2-5H3,(H,30,31). The number of aromatic nitrogens is 1. The highest BCUT2D eigenvalue weighted by Gasteiger charge is 2.31. The van der Waals surface area contributed by atoms with Crippen LogP contribution in [0.4, 0.5) is 0 Å². The van der Waals surface area contributed by atoms with E-state index < -0.39 is 11.4 Å². The molecule has 0 bridgehead atoms. The maximum Gasteiger partial charge on any atom is 0.309 e. The summed E-state index contributed by atoms with van der Waals surface area (Å²) < 4.78 is 2.30. The maximum atomic E-state index is 12.0. The molecule has 0 saturated heterocycles. The molecule has 0 radical (unpaired) electrons. The van der Waals surface area contributed by atoms with Crippen molar-refractivity contribution < 1.29 is 9.90 Å². The second-order valence-corrected chi connectivity index (χ2v) is 10.8. The van der Waals surface area contributed by atoms with Crippen molar-refractivity contribution in [2.24, 2.45) is 5.41 Å². The highest BCUT2D eigenvalue weighted by molar-refractivity contribution is 7.99. The van der Waals surface area contributed by atoms with Gasteiger partial charge in [0, 0.05) is 45.2 Å². The summed E-state index contributed by atoms with van der Waals surface area (Å²) in [6, 6.07) is 14.5. The van der Waals surface area contributed by atoms with Crippen molar-refractivity contribution >= 4 is 40.2 Å². The fourth-order valence-corrected chi connectivity index (χ4v) is 5.06. The number of thioether (sulfide) groups is 1. The van der Waals surface area contributed by atoms with E-state index in [1.165, 1.54) is 15.8 Å². The lowest BCUT2D eigenvalue weighted by molar-refractivity contribution is -0.146. The van der Waals surface area contributed by atoms with Crippen LogP contribution in [0.5, 0.6) is 0 Å². The summed E-state index contributed by atoms with van der Waals surface area (Å²) in [7, 11) is 0. The molecule has 1 aromatic heterocycles. The van der Waals surface area contributed by atoms with Gasteiger partial charge >= 0.3 is 5.97 Å². The van der Waals surface area contributed by atoms with Crippen LogP contribution in [0.3, 0.4) is 0 Å². The van der Waals surface area contributed by atoms with E-state index in [-0.39, 0.29) is 0 Å². The SMILES string of the molecule is C=CCCSc1c(CC(C)(C)C(=O)O)n(Cc2ccc(Cl)cc2)c2ccc(C(C)C)cc12. The first-order valence-electron chi connectivity index (χ1n) is 11.0. The largest absolute Gasteiger partial charge is 0.481 e. The third-order valence-corrected chi connectivity index (χ3v) is 7.26. The van der Waals surface area contributed by atoms with Crippen LogP contribution in [0.25, 0.3) is 10.9 Å². The number of rotatable bonds is 10. The molecule has 0 aliphatic heterocycles. The van der Waals surface area contributed by atoms with E-state index in [1.54, 1.807) is 25.6 Å². The summed E-state index contributed by atoms with van der Waals surface area (Å²) in [6.45, 7) is 12.5. The van der Waals surface area contributed by atoms with E-state index >= 15 is 0 Å². The van der Waals surface area contributed by atoms with Crippen molar-refractivity contribution in [3.63, 3.8) is 0 Å². The van der Waals surface area contributed by atoms with Gasteiger partial charge in [0.15, 0.2) is 0 Å². The number of carboxylic acid groups (broad SMARTS) is 1. The molecule has 0 unspecified atom stereocenters. The van der Waals surface area contributed by atoms with E-state index in [2.05, 4.69) is 43.2 Å². The van der Waals surface area contributed by atoms with Crippen molar-refractivity contribution in [2.75, 3.05) is 5.75 Å². The molecule has 0 atom stereocenters. The third kappa shape index (κ3) is 5.41. The number of nitrogens with zero attached hydrogens (tertiary/aromatic N) is 1. The molecule has 0 fully saturated rings. The number of aliphatic carboxylic acids is 1. The first-order valence-corrected chi connectivity index (χ1v) is 12.4. The van der Waals surface area contributed by atoms with E-state index in [0.29, 0.717) is 23.9 Å². The van der Waals surface area contributed by atoms with Gasteiger partial charge in [0.1, 0.15) is 0 Å². The number of fused-ring (bicyclic) bond motifs is 1. The number of hydrogen-bond acceptors (Lipinski definition) is 2. The van der Waals surface area contributed by atoms with Gasteiger partial charge in [0.25, 0.3) is 0 Å². The summed E-state index contributed by atoms with van der Waals surface area (Å²) in [5, 5.41) is 11.8. The lowest BCUT2D eigenvalue weighted by Gasteiger charge is -2.22. The predicted molar refractivity (Wildman–Crippen MR) is 137 cm³/mol. The smallest absolute Gasteiger partial charge is 0.309 e. The minimum atomic E-state index is -0.874. The van der Waals surface area contributed by atoms with Gasteiger partial charge in [-0.1, -0.05) is 49.7 Å². The van der Waals surface area contributed by atoms with E-state index in [9.17, 15) is 9.90 Å². The Kier molecular flexibility index (Phi) is 7.79. The minimum absolute atomic E-state index is 0.420. The van der Waals surface area contributed by atoms with Crippen LogP contribution in [0.15, 0.2) is 60.0 Å². The van der Waals surface area contributed by atoms with Gasteiger partial charge in [0.2, 0.25) is 0 Å². The predicted octanol–water partition coefficient (Wildman–Crippen LogP) is 7.79. The quantitative estimate of drug-likeness (QED) is 0.187. The Morgan fingerprint density at radius 3 is 2.50 bits per heavy atom. The topological polar surface area (TPSA) is 42.2 Å². The number of carboxylic acids is 1. The van der Waals surface area contributed by atoms with Gasteiger partial charge in [0.05, 0.1) is 5.41 Å². The fraction of sp³-hybridized carbons (Fsp3) is 0.370. The van der Waals surface area contributed by atoms with E-state index in [0.717, 1.165) is 28.9 Å². The van der Waals surface area contributed by atoms with E-state index in [1.807, 2.05) is 30.3 Å². The molecule has 0 saturated carbocycles. The Balaban J connectivity index is 2.23. The fourth-order valence-electron chi connectivity index (χ4n) is 3.78. The minimum Gasteiger partial charge on any atom is -0.481 e. The molecule has 170 valence electrons. The van der Waals surface area contributed by atoms with Crippen LogP contribution >= 0.6 is 23.4 Å². The van der Waals surface area contributed by atoms with Crippen molar-refractivity contribution in [2.45, 2.75) is 57.9 Å². The van der Waals surface area contributed by atoms with Crippen LogP contribution in [0.2, 0.25) is 5.02 Å². The number of hydrogen-bond donors (Lipinski definition) is 1. The molecule has 3 rings (SSSR count). The zero-order valence-electron chi connectivity index (χ0n) is 19.3. The molecule has 0 aliphatic rings. The van der Waals surface area contributed by atoms with Gasteiger partial charge in [-0.25, -0.2) is 0 Å². The van der Waals surface area contributed by atoms with Gasteiger partial charge in [-0.15, -0.1) is 18.3 Å². The molecule has 3 aromatic rings. The Labute approximate surface area is 200 Å². The monoisotopic (exact) mass is 469 g/mol. The second kappa shape index (κ2) is 10.2. The normalized spacial score (nSPS) is 11.9. The summed E-state index contributed by atoms with van der Waals surface area (Å²) in [6.07, 6.45) is 3.29. The Morgan fingerprint density at radius 1 is 1.22 bits per heavy atom. The molecule has 3 nitrogen and oxygen atoms in total. The highest BCUT2D eigenvalue weighted by atomic mass is 35.5. The van der Waals surface area contributed by atoms with Crippen molar-refractivity contribution in [3.8, 4) is 0 Å². The van der Waals surface area contributed by atoms with Crippen molar-refractivity contribution in [3.05, 3.63) is 77.0 Å². The third-order valence-electron chi connectivity index (χ3n) is 5.82. The Bertz CT molecular complexity index is 1110. The summed E-state index contributed by atoms with van der Waals surface area (Å²) in [5.41, 5.74) is 3.77. The summed E-state index contributed by atoms with van der Waals surface area (Å²) in [5.74, 6) is 0.547. The first-order chi connectivity index (χ1) is 15.1. The number of halogens is 1. The van der Waals surface area contributed by atoms with Crippen molar-refractivity contribution in [1.29, 1.82) is 0 Å². The van der Waals surface area contributed by atoms with Crippen LogP contribution in [0.1, 0.15) is 56.9 Å². The number of carbonyl (C=O) groups is 1. The summed E-state index contributed by atoms with van der Waals surface area (Å²) >= 11 is 7.90. The molecule has 1 heterocycles. The zero-order chi connectivity index (χ0) is 23.5.